The van der Waals surface area contributed by atoms with E-state index < -0.39 is 0 Å². The van der Waals surface area contributed by atoms with E-state index in [0.717, 1.165) is 12.8 Å². The lowest BCUT2D eigenvalue weighted by molar-refractivity contribution is 0.0912. The van der Waals surface area contributed by atoms with E-state index in [4.69, 9.17) is 16.3 Å². The normalized spacial score (nSPS) is 17.3. The quantitative estimate of drug-likeness (QED) is 0.737. The van der Waals surface area contributed by atoms with E-state index in [1.54, 1.807) is 25.3 Å². The van der Waals surface area contributed by atoms with Gasteiger partial charge in [0.25, 0.3) is 0 Å². The molecule has 2 rings (SSSR count). The van der Waals surface area contributed by atoms with E-state index in [2.05, 4.69) is 0 Å². The number of hydrogen-bond donors (Lipinski definition) is 0. The fourth-order valence-electron chi connectivity index (χ4n) is 1.57. The zero-order valence-electron chi connectivity index (χ0n) is 8.84. The van der Waals surface area contributed by atoms with Crippen molar-refractivity contribution in [2.24, 2.45) is 5.41 Å². The molecule has 0 saturated heterocycles. The maximum absolute atomic E-state index is 12.0. The summed E-state index contributed by atoms with van der Waals surface area (Å²) in [6, 6.07) is 5.20. The average molecular weight is 225 g/mol. The van der Waals surface area contributed by atoms with Crippen molar-refractivity contribution < 1.29 is 9.53 Å². The second-order valence-corrected chi connectivity index (χ2v) is 4.65. The Hall–Kier alpha value is -1.02. The predicted octanol–water partition coefficient (Wildman–Crippen LogP) is 3.33. The Bertz CT molecular complexity index is 408. The van der Waals surface area contributed by atoms with Gasteiger partial charge in [0.1, 0.15) is 5.75 Å². The Labute approximate surface area is 94.2 Å². The second kappa shape index (κ2) is 3.53. The van der Waals surface area contributed by atoms with Gasteiger partial charge in [0, 0.05) is 11.0 Å². The van der Waals surface area contributed by atoms with Gasteiger partial charge in [-0.15, -0.1) is 0 Å². The maximum Gasteiger partial charge on any atom is 0.168 e. The minimum Gasteiger partial charge on any atom is -0.495 e. The van der Waals surface area contributed by atoms with Crippen molar-refractivity contribution in [1.82, 2.24) is 0 Å². The van der Waals surface area contributed by atoms with Crippen LogP contribution in [0, 0.1) is 5.41 Å². The summed E-state index contributed by atoms with van der Waals surface area (Å²) in [5, 5.41) is 0.493. The van der Waals surface area contributed by atoms with Gasteiger partial charge in [-0.2, -0.15) is 0 Å². The summed E-state index contributed by atoms with van der Waals surface area (Å²) in [5.41, 5.74) is 0.540. The smallest absolute Gasteiger partial charge is 0.168 e. The van der Waals surface area contributed by atoms with Crippen molar-refractivity contribution in [2.45, 2.75) is 19.8 Å². The van der Waals surface area contributed by atoms with E-state index in [9.17, 15) is 4.79 Å². The second-order valence-electron chi connectivity index (χ2n) is 4.24. The average Bonchev–Trinajstić information content (AvgIpc) is 2.96. The van der Waals surface area contributed by atoms with Gasteiger partial charge >= 0.3 is 0 Å². The summed E-state index contributed by atoms with van der Waals surface area (Å²) >= 11 is 5.97. The summed E-state index contributed by atoms with van der Waals surface area (Å²) in [5.74, 6) is 0.793. The number of halogens is 1. The standard InChI is InChI=1S/C12H13ClO2/c1-12(5-6-12)11(14)8-3-4-10(15-2)9(13)7-8/h3-4,7H,5-6H2,1-2H3. The third kappa shape index (κ3) is 1.86. The van der Waals surface area contributed by atoms with Gasteiger partial charge in [-0.05, 0) is 31.0 Å². The molecule has 1 aromatic carbocycles. The Morgan fingerprint density at radius 1 is 1.47 bits per heavy atom. The van der Waals surface area contributed by atoms with Crippen LogP contribution < -0.4 is 4.74 Å². The van der Waals surface area contributed by atoms with E-state index >= 15 is 0 Å². The summed E-state index contributed by atoms with van der Waals surface area (Å²) < 4.78 is 5.04. The van der Waals surface area contributed by atoms with Crippen LogP contribution in [0.4, 0.5) is 0 Å². The molecule has 0 amide bonds. The van der Waals surface area contributed by atoms with Crippen LogP contribution >= 0.6 is 11.6 Å². The molecule has 1 aromatic rings. The number of ether oxygens (including phenoxy) is 1. The number of ketones is 1. The molecule has 1 fully saturated rings. The van der Waals surface area contributed by atoms with Crippen LogP contribution in [-0.2, 0) is 0 Å². The highest BCUT2D eigenvalue weighted by Gasteiger charge is 2.44. The van der Waals surface area contributed by atoms with Crippen LogP contribution in [-0.4, -0.2) is 12.9 Å². The van der Waals surface area contributed by atoms with Gasteiger partial charge in [-0.1, -0.05) is 18.5 Å². The van der Waals surface area contributed by atoms with Gasteiger partial charge in [0.15, 0.2) is 5.78 Å². The first kappa shape index (κ1) is 10.5. The number of benzene rings is 1. The van der Waals surface area contributed by atoms with Crippen LogP contribution in [0.3, 0.4) is 0 Å². The number of hydrogen-bond acceptors (Lipinski definition) is 2. The number of carbonyl (C=O) groups excluding carboxylic acids is 1. The van der Waals surface area contributed by atoms with Crippen LogP contribution in [0.15, 0.2) is 18.2 Å². The van der Waals surface area contributed by atoms with Crippen LogP contribution in [0.25, 0.3) is 0 Å². The summed E-state index contributed by atoms with van der Waals surface area (Å²) in [6.45, 7) is 1.99. The molecule has 0 radical (unpaired) electrons. The van der Waals surface area contributed by atoms with Crippen molar-refractivity contribution in [3.8, 4) is 5.75 Å². The molecular weight excluding hydrogens is 212 g/mol. The van der Waals surface area contributed by atoms with Gasteiger partial charge in [-0.25, -0.2) is 0 Å². The van der Waals surface area contributed by atoms with E-state index in [0.29, 0.717) is 16.3 Å². The number of Topliss-reactive ketones (excluding diaryl/α,β-unsaturated/α-hetero) is 1. The number of methoxy groups -OCH3 is 1. The molecule has 2 nitrogen and oxygen atoms in total. The molecule has 0 spiro atoms. The molecule has 0 aromatic heterocycles. The molecule has 0 aliphatic heterocycles. The van der Waals surface area contributed by atoms with Gasteiger partial charge < -0.3 is 4.74 Å². The highest BCUT2D eigenvalue weighted by molar-refractivity contribution is 6.32. The SMILES string of the molecule is COc1ccc(C(=O)C2(C)CC2)cc1Cl. The molecule has 1 saturated carbocycles. The lowest BCUT2D eigenvalue weighted by Gasteiger charge is -2.09. The Kier molecular flexibility index (Phi) is 2.47. The van der Waals surface area contributed by atoms with E-state index in [1.807, 2.05) is 6.92 Å². The number of carbonyl (C=O) groups is 1. The van der Waals surface area contributed by atoms with Crippen LogP contribution in [0.2, 0.25) is 5.02 Å². The molecule has 15 heavy (non-hydrogen) atoms. The molecule has 1 aliphatic rings. The fourth-order valence-corrected chi connectivity index (χ4v) is 1.83. The third-order valence-electron chi connectivity index (χ3n) is 2.96. The zero-order valence-corrected chi connectivity index (χ0v) is 9.60. The first-order valence-electron chi connectivity index (χ1n) is 4.95. The fraction of sp³-hybridized carbons (Fsp3) is 0.417. The lowest BCUT2D eigenvalue weighted by Crippen LogP contribution is -2.11. The van der Waals surface area contributed by atoms with E-state index in [1.165, 1.54) is 0 Å². The first-order valence-corrected chi connectivity index (χ1v) is 5.33. The summed E-state index contributed by atoms with van der Waals surface area (Å²) in [4.78, 5) is 12.0. The highest BCUT2D eigenvalue weighted by atomic mass is 35.5. The molecule has 0 heterocycles. The Balaban J connectivity index is 2.30. The van der Waals surface area contributed by atoms with Crippen LogP contribution in [0.1, 0.15) is 30.1 Å². The predicted molar refractivity (Wildman–Crippen MR) is 59.7 cm³/mol. The van der Waals surface area contributed by atoms with Crippen molar-refractivity contribution in [3.05, 3.63) is 28.8 Å². The largest absolute Gasteiger partial charge is 0.495 e. The molecule has 0 bridgehead atoms. The Morgan fingerprint density at radius 2 is 2.13 bits per heavy atom. The molecule has 0 atom stereocenters. The zero-order chi connectivity index (χ0) is 11.1. The topological polar surface area (TPSA) is 26.3 Å². The molecule has 3 heteroatoms. The molecule has 80 valence electrons. The summed E-state index contributed by atoms with van der Waals surface area (Å²) in [7, 11) is 1.56. The van der Waals surface area contributed by atoms with Gasteiger partial charge in [-0.3, -0.25) is 4.79 Å². The minimum absolute atomic E-state index is 0.141. The Morgan fingerprint density at radius 3 is 2.60 bits per heavy atom. The molecule has 0 unspecified atom stereocenters. The van der Waals surface area contributed by atoms with Crippen molar-refractivity contribution in [1.29, 1.82) is 0 Å². The summed E-state index contributed by atoms with van der Waals surface area (Å²) in [6.07, 6.45) is 1.96. The monoisotopic (exact) mass is 224 g/mol. The van der Waals surface area contributed by atoms with Gasteiger partial charge in [0.05, 0.1) is 12.1 Å². The van der Waals surface area contributed by atoms with Crippen LogP contribution in [0.5, 0.6) is 5.75 Å². The van der Waals surface area contributed by atoms with Crippen molar-refractivity contribution in [3.63, 3.8) is 0 Å². The van der Waals surface area contributed by atoms with Crippen molar-refractivity contribution >= 4 is 17.4 Å². The third-order valence-corrected chi connectivity index (χ3v) is 3.26. The molecular formula is C12H13ClO2. The van der Waals surface area contributed by atoms with Crippen molar-refractivity contribution in [2.75, 3.05) is 7.11 Å². The van der Waals surface area contributed by atoms with Gasteiger partial charge in [0.2, 0.25) is 0 Å². The molecule has 0 N–H and O–H groups in total. The first-order chi connectivity index (χ1) is 7.07. The minimum atomic E-state index is -0.141. The number of rotatable bonds is 3. The van der Waals surface area contributed by atoms with E-state index in [-0.39, 0.29) is 11.2 Å². The molecule has 1 aliphatic carbocycles. The highest BCUT2D eigenvalue weighted by Crippen LogP contribution is 2.47. The maximum atomic E-state index is 12.0. The lowest BCUT2D eigenvalue weighted by atomic mass is 9.97.